The summed E-state index contributed by atoms with van der Waals surface area (Å²) in [6.07, 6.45) is 0. The molecule has 0 atom stereocenters. The fraction of sp³-hybridized carbons (Fsp3) is 0.143. The Labute approximate surface area is 121 Å². The maximum atomic E-state index is 5.96. The first-order valence-electron chi connectivity index (χ1n) is 5.39. The normalized spacial score (nSPS) is 10.4. The molecule has 0 N–H and O–H groups in total. The molecule has 0 spiro atoms. The summed E-state index contributed by atoms with van der Waals surface area (Å²) in [5.41, 5.74) is 1.04. The fourth-order valence-electron chi connectivity index (χ4n) is 1.54. The van der Waals surface area contributed by atoms with Crippen molar-refractivity contribution in [1.29, 1.82) is 0 Å². The Balaban J connectivity index is 2.27. The van der Waals surface area contributed by atoms with E-state index in [4.69, 9.17) is 27.9 Å². The van der Waals surface area contributed by atoms with Gasteiger partial charge in [0.2, 0.25) is 0 Å². The van der Waals surface area contributed by atoms with Crippen molar-refractivity contribution in [2.24, 2.45) is 0 Å². The summed E-state index contributed by atoms with van der Waals surface area (Å²) in [4.78, 5) is 2.23. The van der Waals surface area contributed by atoms with Crippen molar-refractivity contribution in [1.82, 2.24) is 0 Å². The topological polar surface area (TPSA) is 9.23 Å². The second-order valence-electron chi connectivity index (χ2n) is 3.67. The molecule has 0 aliphatic carbocycles. The number of alkyl halides is 1. The van der Waals surface area contributed by atoms with E-state index in [9.17, 15) is 0 Å². The lowest BCUT2D eigenvalue weighted by molar-refractivity contribution is 0.413. The number of ether oxygens (including phenoxy) is 1. The minimum absolute atomic E-state index is 0.451. The van der Waals surface area contributed by atoms with Gasteiger partial charge in [-0.15, -0.1) is 11.6 Å². The van der Waals surface area contributed by atoms with E-state index in [2.05, 4.69) is 0 Å². The third-order valence-corrected chi connectivity index (χ3v) is 4.07. The van der Waals surface area contributed by atoms with Crippen molar-refractivity contribution in [3.05, 3.63) is 53.1 Å². The summed E-state index contributed by atoms with van der Waals surface area (Å²) in [5.74, 6) is 1.30. The Morgan fingerprint density at radius 3 is 2.72 bits per heavy atom. The third kappa shape index (κ3) is 3.35. The second kappa shape index (κ2) is 6.37. The molecule has 1 nitrogen and oxygen atoms in total. The summed E-state index contributed by atoms with van der Waals surface area (Å²) in [6, 6.07) is 13.7. The average molecular weight is 299 g/mol. The van der Waals surface area contributed by atoms with Crippen LogP contribution in [-0.2, 0) is 5.88 Å². The van der Waals surface area contributed by atoms with Crippen LogP contribution in [0.4, 0.5) is 0 Å². The Bertz CT molecular complexity index is 543. The maximum Gasteiger partial charge on any atom is 0.119 e. The van der Waals surface area contributed by atoms with Gasteiger partial charge in [-0.3, -0.25) is 0 Å². The van der Waals surface area contributed by atoms with Crippen LogP contribution in [0.15, 0.2) is 52.3 Å². The molecule has 0 aromatic heterocycles. The molecule has 0 heterocycles. The van der Waals surface area contributed by atoms with E-state index in [1.165, 1.54) is 0 Å². The fourth-order valence-corrected chi connectivity index (χ4v) is 3.01. The minimum atomic E-state index is 0.451. The number of rotatable bonds is 4. The Morgan fingerprint density at radius 1 is 1.17 bits per heavy atom. The highest BCUT2D eigenvalue weighted by Crippen LogP contribution is 2.34. The van der Waals surface area contributed by atoms with Gasteiger partial charge in [-0.05, 0) is 42.0 Å². The van der Waals surface area contributed by atoms with E-state index in [1.807, 2.05) is 42.5 Å². The molecule has 0 saturated carbocycles. The molecular formula is C14H12Cl2OS. The first-order chi connectivity index (χ1) is 8.72. The molecule has 0 amide bonds. The first-order valence-corrected chi connectivity index (χ1v) is 7.12. The molecule has 18 heavy (non-hydrogen) atoms. The summed E-state index contributed by atoms with van der Waals surface area (Å²) < 4.78 is 5.21. The number of hydrogen-bond acceptors (Lipinski definition) is 2. The lowest BCUT2D eigenvalue weighted by atomic mass is 10.2. The van der Waals surface area contributed by atoms with Crippen molar-refractivity contribution in [3.63, 3.8) is 0 Å². The van der Waals surface area contributed by atoms with Crippen LogP contribution in [0.1, 0.15) is 5.56 Å². The van der Waals surface area contributed by atoms with Gasteiger partial charge in [-0.25, -0.2) is 0 Å². The second-order valence-corrected chi connectivity index (χ2v) is 5.49. The highest BCUT2D eigenvalue weighted by molar-refractivity contribution is 7.99. The lowest BCUT2D eigenvalue weighted by Crippen LogP contribution is -1.85. The molecule has 0 fully saturated rings. The average Bonchev–Trinajstić information content (AvgIpc) is 2.41. The van der Waals surface area contributed by atoms with Crippen LogP contribution in [0, 0.1) is 0 Å². The van der Waals surface area contributed by atoms with E-state index in [1.54, 1.807) is 18.9 Å². The number of halogens is 2. The zero-order chi connectivity index (χ0) is 13.0. The standard InChI is InChI=1S/C14H12Cl2OS/c1-17-12-3-2-4-13(8-12)18-14-6-5-11(16)7-10(14)9-15/h2-8H,9H2,1H3. The molecule has 4 heteroatoms. The first kappa shape index (κ1) is 13.6. The highest BCUT2D eigenvalue weighted by Gasteiger charge is 2.05. The van der Waals surface area contributed by atoms with Gasteiger partial charge in [0.15, 0.2) is 0 Å². The Morgan fingerprint density at radius 2 is 2.00 bits per heavy atom. The van der Waals surface area contributed by atoms with Crippen molar-refractivity contribution >= 4 is 35.0 Å². The number of benzene rings is 2. The van der Waals surface area contributed by atoms with Crippen LogP contribution in [-0.4, -0.2) is 7.11 Å². The van der Waals surface area contributed by atoms with Crippen molar-refractivity contribution in [3.8, 4) is 5.75 Å². The van der Waals surface area contributed by atoms with Gasteiger partial charge < -0.3 is 4.74 Å². The van der Waals surface area contributed by atoms with E-state index < -0.39 is 0 Å². The molecule has 0 unspecified atom stereocenters. The van der Waals surface area contributed by atoms with Crippen LogP contribution in [0.2, 0.25) is 5.02 Å². The van der Waals surface area contributed by atoms with Gasteiger partial charge in [0.1, 0.15) is 5.75 Å². The van der Waals surface area contributed by atoms with Crippen LogP contribution in [0.3, 0.4) is 0 Å². The molecule has 2 rings (SSSR count). The predicted molar refractivity (Wildman–Crippen MR) is 78.1 cm³/mol. The molecule has 0 aliphatic rings. The monoisotopic (exact) mass is 298 g/mol. The smallest absolute Gasteiger partial charge is 0.119 e. The van der Waals surface area contributed by atoms with E-state index in [0.717, 1.165) is 21.1 Å². The third-order valence-electron chi connectivity index (χ3n) is 2.44. The van der Waals surface area contributed by atoms with Crippen LogP contribution >= 0.6 is 35.0 Å². The van der Waals surface area contributed by atoms with Gasteiger partial charge in [0.05, 0.1) is 7.11 Å². The van der Waals surface area contributed by atoms with Gasteiger partial charge in [-0.2, -0.15) is 0 Å². The molecule has 2 aromatic rings. The predicted octanol–water partition coefficient (Wildman–Crippen LogP) is 5.24. The largest absolute Gasteiger partial charge is 0.497 e. The van der Waals surface area contributed by atoms with Gasteiger partial charge >= 0.3 is 0 Å². The molecule has 0 saturated heterocycles. The molecule has 0 bridgehead atoms. The zero-order valence-electron chi connectivity index (χ0n) is 9.82. The SMILES string of the molecule is COc1cccc(Sc2ccc(Cl)cc2CCl)c1. The summed E-state index contributed by atoms with van der Waals surface area (Å²) in [7, 11) is 1.66. The van der Waals surface area contributed by atoms with Gasteiger partial charge in [-0.1, -0.05) is 29.4 Å². The Hall–Kier alpha value is -0.830. The summed E-state index contributed by atoms with van der Waals surface area (Å²) in [5, 5.41) is 0.709. The van der Waals surface area contributed by atoms with Crippen LogP contribution < -0.4 is 4.74 Å². The van der Waals surface area contributed by atoms with E-state index in [-0.39, 0.29) is 0 Å². The van der Waals surface area contributed by atoms with Crippen molar-refractivity contribution < 1.29 is 4.74 Å². The van der Waals surface area contributed by atoms with Crippen LogP contribution in [0.5, 0.6) is 5.75 Å². The highest BCUT2D eigenvalue weighted by atomic mass is 35.5. The van der Waals surface area contributed by atoms with Gasteiger partial charge in [0, 0.05) is 20.7 Å². The number of hydrogen-bond donors (Lipinski definition) is 0. The number of methoxy groups -OCH3 is 1. The zero-order valence-corrected chi connectivity index (χ0v) is 12.1. The lowest BCUT2D eigenvalue weighted by Gasteiger charge is -2.08. The quantitative estimate of drug-likeness (QED) is 0.714. The molecule has 0 aliphatic heterocycles. The summed E-state index contributed by atoms with van der Waals surface area (Å²) in [6.45, 7) is 0. The summed E-state index contributed by atoms with van der Waals surface area (Å²) >= 11 is 13.5. The maximum absolute atomic E-state index is 5.96. The minimum Gasteiger partial charge on any atom is -0.497 e. The molecule has 0 radical (unpaired) electrons. The van der Waals surface area contributed by atoms with Crippen molar-refractivity contribution in [2.75, 3.05) is 7.11 Å². The van der Waals surface area contributed by atoms with Crippen LogP contribution in [0.25, 0.3) is 0 Å². The molecular weight excluding hydrogens is 287 g/mol. The van der Waals surface area contributed by atoms with E-state index in [0.29, 0.717) is 10.9 Å². The molecule has 2 aromatic carbocycles. The molecule has 94 valence electrons. The Kier molecular flexibility index (Phi) is 4.81. The van der Waals surface area contributed by atoms with E-state index >= 15 is 0 Å². The van der Waals surface area contributed by atoms with Gasteiger partial charge in [0.25, 0.3) is 0 Å². The van der Waals surface area contributed by atoms with Crippen molar-refractivity contribution in [2.45, 2.75) is 15.7 Å².